The summed E-state index contributed by atoms with van der Waals surface area (Å²) in [5, 5.41) is 3.27. The Morgan fingerprint density at radius 2 is 2.08 bits per heavy atom. The molecule has 1 atom stereocenters. The topological polar surface area (TPSA) is 24.4 Å². The molecule has 1 aliphatic rings. The number of benzene rings is 1. The van der Waals surface area contributed by atoms with E-state index in [2.05, 4.69) is 41.5 Å². The summed E-state index contributed by atoms with van der Waals surface area (Å²) in [6.07, 6.45) is 2.11. The first-order valence-corrected chi connectivity index (χ1v) is 4.18. The van der Waals surface area contributed by atoms with Crippen molar-refractivity contribution in [1.29, 1.82) is 0 Å². The second kappa shape index (κ2) is 3.07. The second-order valence-electron chi connectivity index (χ2n) is 3.05. The SMILES string of the molecule is Cc1ccc(C2N=CCN2)cc1. The van der Waals surface area contributed by atoms with Crippen LogP contribution < -0.4 is 5.32 Å². The molecule has 0 aromatic heterocycles. The van der Waals surface area contributed by atoms with Gasteiger partial charge in [0.15, 0.2) is 0 Å². The summed E-state index contributed by atoms with van der Waals surface area (Å²) in [5.41, 5.74) is 2.54. The van der Waals surface area contributed by atoms with Crippen molar-refractivity contribution in [3.8, 4) is 0 Å². The van der Waals surface area contributed by atoms with E-state index in [-0.39, 0.29) is 6.17 Å². The lowest BCUT2D eigenvalue weighted by atomic mass is 10.1. The van der Waals surface area contributed by atoms with Gasteiger partial charge in [0.2, 0.25) is 0 Å². The molecule has 2 nitrogen and oxygen atoms in total. The van der Waals surface area contributed by atoms with Crippen molar-refractivity contribution in [3.05, 3.63) is 35.4 Å². The molecule has 1 aliphatic heterocycles. The molecule has 1 heterocycles. The van der Waals surface area contributed by atoms with E-state index in [4.69, 9.17) is 0 Å². The quantitative estimate of drug-likeness (QED) is 0.664. The second-order valence-corrected chi connectivity index (χ2v) is 3.05. The van der Waals surface area contributed by atoms with Crippen molar-refractivity contribution in [1.82, 2.24) is 5.32 Å². The average Bonchev–Trinajstić information content (AvgIpc) is 2.58. The predicted molar refractivity (Wildman–Crippen MR) is 50.4 cm³/mol. The normalized spacial score (nSPS) is 21.6. The molecule has 1 aromatic rings. The fourth-order valence-corrected chi connectivity index (χ4v) is 1.33. The summed E-state index contributed by atoms with van der Waals surface area (Å²) in [5.74, 6) is 0. The number of aryl methyl sites for hydroxylation is 1. The highest BCUT2D eigenvalue weighted by Crippen LogP contribution is 2.16. The molecule has 0 saturated heterocycles. The maximum absolute atomic E-state index is 4.30. The minimum absolute atomic E-state index is 0.186. The Balaban J connectivity index is 2.23. The maximum Gasteiger partial charge on any atom is 0.125 e. The zero-order valence-corrected chi connectivity index (χ0v) is 7.12. The van der Waals surface area contributed by atoms with Gasteiger partial charge in [0.25, 0.3) is 0 Å². The minimum Gasteiger partial charge on any atom is -0.287 e. The van der Waals surface area contributed by atoms with Gasteiger partial charge in [-0.3, -0.25) is 10.3 Å². The Bertz CT molecular complexity index is 287. The smallest absolute Gasteiger partial charge is 0.125 e. The monoisotopic (exact) mass is 160 g/mol. The van der Waals surface area contributed by atoms with Gasteiger partial charge in [-0.15, -0.1) is 0 Å². The van der Waals surface area contributed by atoms with Gasteiger partial charge in [-0.05, 0) is 12.5 Å². The van der Waals surface area contributed by atoms with Gasteiger partial charge in [-0.1, -0.05) is 29.8 Å². The number of rotatable bonds is 1. The van der Waals surface area contributed by atoms with Crippen molar-refractivity contribution >= 4 is 6.21 Å². The van der Waals surface area contributed by atoms with E-state index in [0.717, 1.165) is 6.54 Å². The molecule has 0 spiro atoms. The third kappa shape index (κ3) is 1.38. The van der Waals surface area contributed by atoms with E-state index in [1.165, 1.54) is 11.1 Å². The van der Waals surface area contributed by atoms with Gasteiger partial charge < -0.3 is 0 Å². The Morgan fingerprint density at radius 1 is 1.33 bits per heavy atom. The van der Waals surface area contributed by atoms with E-state index < -0.39 is 0 Å². The van der Waals surface area contributed by atoms with E-state index in [1.807, 2.05) is 6.21 Å². The van der Waals surface area contributed by atoms with Gasteiger partial charge in [0.1, 0.15) is 6.17 Å². The third-order valence-electron chi connectivity index (χ3n) is 2.05. The molecule has 0 saturated carbocycles. The van der Waals surface area contributed by atoms with Crippen LogP contribution in [0.1, 0.15) is 17.3 Å². The van der Waals surface area contributed by atoms with Crippen molar-refractivity contribution in [2.45, 2.75) is 13.1 Å². The van der Waals surface area contributed by atoms with Crippen LogP contribution in [0.5, 0.6) is 0 Å². The van der Waals surface area contributed by atoms with Gasteiger partial charge in [0, 0.05) is 12.8 Å². The summed E-state index contributed by atoms with van der Waals surface area (Å²) in [7, 11) is 0. The van der Waals surface area contributed by atoms with Crippen LogP contribution in [0.2, 0.25) is 0 Å². The van der Waals surface area contributed by atoms with E-state index in [0.29, 0.717) is 0 Å². The summed E-state index contributed by atoms with van der Waals surface area (Å²) in [4.78, 5) is 4.30. The summed E-state index contributed by atoms with van der Waals surface area (Å²) in [6.45, 7) is 2.98. The van der Waals surface area contributed by atoms with Crippen LogP contribution in [0.4, 0.5) is 0 Å². The first kappa shape index (κ1) is 7.50. The molecule has 62 valence electrons. The van der Waals surface area contributed by atoms with Gasteiger partial charge in [-0.25, -0.2) is 0 Å². The third-order valence-corrected chi connectivity index (χ3v) is 2.05. The van der Waals surface area contributed by atoms with Crippen LogP contribution in [-0.2, 0) is 0 Å². The zero-order chi connectivity index (χ0) is 8.39. The molecule has 1 unspecified atom stereocenters. The Hall–Kier alpha value is -1.15. The Kier molecular flexibility index (Phi) is 1.92. The van der Waals surface area contributed by atoms with Gasteiger partial charge in [-0.2, -0.15) is 0 Å². The Labute approximate surface area is 72.3 Å². The number of aliphatic imine (C=N–C) groups is 1. The molecule has 0 amide bonds. The largest absolute Gasteiger partial charge is 0.287 e. The van der Waals surface area contributed by atoms with Crippen LogP contribution in [0, 0.1) is 6.92 Å². The fourth-order valence-electron chi connectivity index (χ4n) is 1.33. The lowest BCUT2D eigenvalue weighted by molar-refractivity contribution is 0.643. The summed E-state index contributed by atoms with van der Waals surface area (Å²) in [6, 6.07) is 8.47. The van der Waals surface area contributed by atoms with Crippen LogP contribution >= 0.6 is 0 Å². The summed E-state index contributed by atoms with van der Waals surface area (Å²) < 4.78 is 0. The van der Waals surface area contributed by atoms with Crippen molar-refractivity contribution in [3.63, 3.8) is 0 Å². The summed E-state index contributed by atoms with van der Waals surface area (Å²) >= 11 is 0. The highest BCUT2D eigenvalue weighted by atomic mass is 15.1. The van der Waals surface area contributed by atoms with Crippen LogP contribution in [0.3, 0.4) is 0 Å². The highest BCUT2D eigenvalue weighted by Gasteiger charge is 2.10. The van der Waals surface area contributed by atoms with E-state index in [9.17, 15) is 0 Å². The standard InChI is InChI=1S/C10H12N2/c1-8-2-4-9(5-3-8)10-11-6-7-12-10/h2-6,10,12H,7H2,1H3. The number of hydrogen-bond donors (Lipinski definition) is 1. The lowest BCUT2D eigenvalue weighted by Crippen LogP contribution is -2.14. The minimum atomic E-state index is 0.186. The molecule has 2 rings (SSSR count). The van der Waals surface area contributed by atoms with Gasteiger partial charge >= 0.3 is 0 Å². The first-order valence-electron chi connectivity index (χ1n) is 4.18. The Morgan fingerprint density at radius 3 is 2.67 bits per heavy atom. The zero-order valence-electron chi connectivity index (χ0n) is 7.12. The molecule has 12 heavy (non-hydrogen) atoms. The predicted octanol–water partition coefficient (Wildman–Crippen LogP) is 1.67. The van der Waals surface area contributed by atoms with Crippen molar-refractivity contribution in [2.24, 2.45) is 4.99 Å². The first-order chi connectivity index (χ1) is 5.86. The molecule has 0 bridgehead atoms. The molecular formula is C10H12N2. The number of hydrogen-bond acceptors (Lipinski definition) is 2. The van der Waals surface area contributed by atoms with Crippen molar-refractivity contribution < 1.29 is 0 Å². The van der Waals surface area contributed by atoms with Crippen molar-refractivity contribution in [2.75, 3.05) is 6.54 Å². The molecule has 0 aliphatic carbocycles. The fraction of sp³-hybridized carbons (Fsp3) is 0.300. The van der Waals surface area contributed by atoms with E-state index in [1.54, 1.807) is 0 Å². The number of nitrogens with zero attached hydrogens (tertiary/aromatic N) is 1. The molecule has 0 radical (unpaired) electrons. The highest BCUT2D eigenvalue weighted by molar-refractivity contribution is 5.62. The molecule has 1 N–H and O–H groups in total. The van der Waals surface area contributed by atoms with Crippen LogP contribution in [-0.4, -0.2) is 12.8 Å². The van der Waals surface area contributed by atoms with Crippen LogP contribution in [0.15, 0.2) is 29.3 Å². The lowest BCUT2D eigenvalue weighted by Gasteiger charge is -2.07. The van der Waals surface area contributed by atoms with Gasteiger partial charge in [0.05, 0.1) is 0 Å². The molecule has 1 aromatic carbocycles. The number of nitrogens with one attached hydrogen (secondary N) is 1. The van der Waals surface area contributed by atoms with E-state index >= 15 is 0 Å². The maximum atomic E-state index is 4.30. The molecule has 2 heteroatoms. The molecule has 0 fully saturated rings. The van der Waals surface area contributed by atoms with Crippen LogP contribution in [0.25, 0.3) is 0 Å². The molecular weight excluding hydrogens is 148 g/mol. The average molecular weight is 160 g/mol.